The Morgan fingerprint density at radius 2 is 1.10 bits per heavy atom. The van der Waals surface area contributed by atoms with Crippen molar-refractivity contribution < 1.29 is 74.8 Å². The quantitative estimate of drug-likeness (QED) is 0.389. The van der Waals surface area contributed by atoms with Crippen LogP contribution in [0.2, 0.25) is 0 Å². The number of nitrogens with one attached hydrogen (secondary N) is 1. The van der Waals surface area contributed by atoms with Crippen LogP contribution in [0.4, 0.5) is 57.1 Å². The molecule has 1 amide bonds. The van der Waals surface area contributed by atoms with Crippen molar-refractivity contribution in [2.75, 3.05) is 12.3 Å². The summed E-state index contributed by atoms with van der Waals surface area (Å²) < 4.78 is 195. The predicted octanol–water partition coefficient (Wildman–Crippen LogP) is 3.12. The first-order chi connectivity index (χ1) is 12.4. The standard InChI is InChI=1S/C10H8F13NO4S/c11-5(12,3-4(25)24-1-2-29(26,27)28)6(13,14)7(15,16)8(17,18)9(19,20)10(21,22)23/h1-3H2,(H,24,25)(H,26,27,28). The topological polar surface area (TPSA) is 83.5 Å². The normalized spacial score (nSPS) is 15.4. The molecule has 29 heavy (non-hydrogen) atoms. The molecule has 19 heteroatoms. The van der Waals surface area contributed by atoms with Crippen LogP contribution in [0.5, 0.6) is 0 Å². The van der Waals surface area contributed by atoms with Gasteiger partial charge in [0.1, 0.15) is 0 Å². The van der Waals surface area contributed by atoms with Crippen LogP contribution in [0.1, 0.15) is 6.42 Å². The molecule has 0 radical (unpaired) electrons. The van der Waals surface area contributed by atoms with E-state index in [2.05, 4.69) is 0 Å². The third kappa shape index (κ3) is 5.15. The van der Waals surface area contributed by atoms with Crippen LogP contribution < -0.4 is 5.32 Å². The van der Waals surface area contributed by atoms with Gasteiger partial charge in [-0.05, 0) is 0 Å². The van der Waals surface area contributed by atoms with Crippen molar-refractivity contribution in [1.29, 1.82) is 0 Å². The highest BCUT2D eigenvalue weighted by molar-refractivity contribution is 7.85. The zero-order chi connectivity index (χ0) is 23.9. The summed E-state index contributed by atoms with van der Waals surface area (Å²) in [6.45, 7) is -1.27. The van der Waals surface area contributed by atoms with E-state index in [1.165, 1.54) is 0 Å². The minimum absolute atomic E-state index is 1.06. The maximum atomic E-state index is 13.3. The third-order valence-corrected chi connectivity index (χ3v) is 3.78. The van der Waals surface area contributed by atoms with E-state index >= 15 is 0 Å². The molecule has 174 valence electrons. The van der Waals surface area contributed by atoms with E-state index in [-0.39, 0.29) is 0 Å². The Hall–Kier alpha value is -1.53. The predicted molar refractivity (Wildman–Crippen MR) is 64.8 cm³/mol. The van der Waals surface area contributed by atoms with E-state index in [1.807, 2.05) is 0 Å². The van der Waals surface area contributed by atoms with E-state index in [4.69, 9.17) is 4.55 Å². The number of halogens is 13. The van der Waals surface area contributed by atoms with E-state index in [0.29, 0.717) is 0 Å². The molecule has 0 saturated heterocycles. The van der Waals surface area contributed by atoms with Crippen molar-refractivity contribution in [3.8, 4) is 0 Å². The first-order valence-electron chi connectivity index (χ1n) is 6.53. The second-order valence-corrected chi connectivity index (χ2v) is 6.88. The number of hydrogen-bond donors (Lipinski definition) is 2. The Balaban J connectivity index is 5.78. The number of carbonyl (C=O) groups excluding carboxylic acids is 1. The van der Waals surface area contributed by atoms with Gasteiger partial charge >= 0.3 is 35.8 Å². The van der Waals surface area contributed by atoms with Crippen molar-refractivity contribution in [2.45, 2.75) is 42.2 Å². The second kappa shape index (κ2) is 7.62. The Labute approximate surface area is 152 Å². The lowest BCUT2D eigenvalue weighted by molar-refractivity contribution is -0.439. The molecular formula is C10H8F13NO4S. The highest BCUT2D eigenvalue weighted by atomic mass is 32.2. The molecule has 0 fully saturated rings. The maximum absolute atomic E-state index is 13.3. The summed E-state index contributed by atoms with van der Waals surface area (Å²) in [6.07, 6.45) is -10.7. The molecule has 0 rings (SSSR count). The minimum Gasteiger partial charge on any atom is -0.355 e. The van der Waals surface area contributed by atoms with Crippen LogP contribution in [0.25, 0.3) is 0 Å². The van der Waals surface area contributed by atoms with Crippen molar-refractivity contribution in [3.63, 3.8) is 0 Å². The first-order valence-corrected chi connectivity index (χ1v) is 8.14. The molecule has 0 aromatic carbocycles. The molecule has 0 aromatic rings. The van der Waals surface area contributed by atoms with E-state index < -0.39 is 70.5 Å². The molecular weight excluding hydrogens is 477 g/mol. The molecule has 0 atom stereocenters. The van der Waals surface area contributed by atoms with Crippen LogP contribution in [-0.2, 0) is 14.9 Å². The van der Waals surface area contributed by atoms with Gasteiger partial charge in [0.15, 0.2) is 0 Å². The third-order valence-electron chi connectivity index (χ3n) is 3.06. The molecule has 0 aliphatic rings. The molecule has 0 aliphatic heterocycles. The molecule has 2 N–H and O–H groups in total. The van der Waals surface area contributed by atoms with Gasteiger partial charge in [0.2, 0.25) is 5.91 Å². The van der Waals surface area contributed by atoms with Crippen LogP contribution in [0.3, 0.4) is 0 Å². The number of alkyl halides is 13. The van der Waals surface area contributed by atoms with Gasteiger partial charge in [-0.1, -0.05) is 0 Å². The van der Waals surface area contributed by atoms with Gasteiger partial charge in [-0.2, -0.15) is 65.5 Å². The molecule has 0 unspecified atom stereocenters. The molecule has 5 nitrogen and oxygen atoms in total. The molecule has 0 spiro atoms. The average Bonchev–Trinajstić information content (AvgIpc) is 2.42. The van der Waals surface area contributed by atoms with Crippen LogP contribution in [0.15, 0.2) is 0 Å². The van der Waals surface area contributed by atoms with Gasteiger partial charge in [-0.3, -0.25) is 9.35 Å². The largest absolute Gasteiger partial charge is 0.460 e. The van der Waals surface area contributed by atoms with Gasteiger partial charge in [0, 0.05) is 6.54 Å². The van der Waals surface area contributed by atoms with Gasteiger partial charge in [0.05, 0.1) is 12.2 Å². The fraction of sp³-hybridized carbons (Fsp3) is 0.900. The summed E-state index contributed by atoms with van der Waals surface area (Å²) in [5, 5.41) is 1.06. The van der Waals surface area contributed by atoms with Crippen LogP contribution >= 0.6 is 0 Å². The maximum Gasteiger partial charge on any atom is 0.460 e. The Morgan fingerprint density at radius 1 is 0.724 bits per heavy atom. The summed E-state index contributed by atoms with van der Waals surface area (Å²) in [5.41, 5.74) is 0. The zero-order valence-corrected chi connectivity index (χ0v) is 13.9. The number of rotatable bonds is 9. The zero-order valence-electron chi connectivity index (χ0n) is 13.1. The molecule has 0 aromatic heterocycles. The lowest BCUT2D eigenvalue weighted by atomic mass is 9.92. The highest BCUT2D eigenvalue weighted by Gasteiger charge is 2.90. The summed E-state index contributed by atoms with van der Waals surface area (Å²) in [7, 11) is -4.82. The Bertz CT molecular complexity index is 716. The summed E-state index contributed by atoms with van der Waals surface area (Å²) in [6, 6.07) is 0. The summed E-state index contributed by atoms with van der Waals surface area (Å²) in [4.78, 5) is 11.0. The van der Waals surface area contributed by atoms with E-state index in [9.17, 15) is 70.3 Å². The van der Waals surface area contributed by atoms with Crippen LogP contribution in [-0.4, -0.2) is 67.0 Å². The number of hydrogen-bond acceptors (Lipinski definition) is 3. The van der Waals surface area contributed by atoms with Crippen molar-refractivity contribution in [1.82, 2.24) is 5.32 Å². The molecule has 0 aliphatic carbocycles. The van der Waals surface area contributed by atoms with E-state index in [1.54, 1.807) is 0 Å². The number of carbonyl (C=O) groups is 1. The fourth-order valence-corrected chi connectivity index (χ4v) is 1.86. The first kappa shape index (κ1) is 27.5. The lowest BCUT2D eigenvalue weighted by Crippen LogP contribution is -2.70. The molecule has 0 heterocycles. The van der Waals surface area contributed by atoms with E-state index in [0.717, 1.165) is 5.32 Å². The second-order valence-electron chi connectivity index (χ2n) is 5.31. The van der Waals surface area contributed by atoms with Crippen molar-refractivity contribution in [3.05, 3.63) is 0 Å². The van der Waals surface area contributed by atoms with Gasteiger partial charge in [0.25, 0.3) is 10.1 Å². The smallest absolute Gasteiger partial charge is 0.355 e. The minimum atomic E-state index is -8.08. The monoisotopic (exact) mass is 485 g/mol. The summed E-state index contributed by atoms with van der Waals surface area (Å²) in [5.74, 6) is -42.0. The van der Waals surface area contributed by atoms with Crippen molar-refractivity contribution >= 4 is 16.0 Å². The number of amides is 1. The van der Waals surface area contributed by atoms with Gasteiger partial charge in [-0.15, -0.1) is 0 Å². The Kier molecular flexibility index (Phi) is 7.22. The van der Waals surface area contributed by atoms with Gasteiger partial charge < -0.3 is 5.32 Å². The fourth-order valence-electron chi connectivity index (χ4n) is 1.50. The summed E-state index contributed by atoms with van der Waals surface area (Å²) >= 11 is 0. The average molecular weight is 485 g/mol. The SMILES string of the molecule is O=C(CC(F)(F)C(F)(F)C(F)(F)C(F)(F)C(F)(F)C(F)(F)F)NCCS(=O)(=O)O. The van der Waals surface area contributed by atoms with Crippen molar-refractivity contribution in [2.24, 2.45) is 0 Å². The highest BCUT2D eigenvalue weighted by Crippen LogP contribution is 2.60. The molecule has 0 bridgehead atoms. The Morgan fingerprint density at radius 3 is 1.45 bits per heavy atom. The van der Waals surface area contributed by atoms with Gasteiger partial charge in [-0.25, -0.2) is 0 Å². The lowest BCUT2D eigenvalue weighted by Gasteiger charge is -2.39. The van der Waals surface area contributed by atoms with Crippen LogP contribution in [0, 0.1) is 0 Å². The molecule has 0 saturated carbocycles.